The molecule has 144 valence electrons. The zero-order valence-electron chi connectivity index (χ0n) is 14.7. The van der Waals surface area contributed by atoms with E-state index in [9.17, 15) is 13.2 Å². The summed E-state index contributed by atoms with van der Waals surface area (Å²) < 4.78 is 27.7. The summed E-state index contributed by atoms with van der Waals surface area (Å²) >= 11 is 0. The van der Waals surface area contributed by atoms with Crippen LogP contribution in [0.4, 0.5) is 4.79 Å². The number of aromatic nitrogens is 2. The SMILES string of the molecule is O=C(O)NC1NCCc2cc(S(=O)(=O)c3ccc(-n4cccn4)cc3)ccc21. The van der Waals surface area contributed by atoms with E-state index >= 15 is 0 Å². The molecule has 1 aromatic heterocycles. The highest BCUT2D eigenvalue weighted by atomic mass is 32.2. The predicted molar refractivity (Wildman–Crippen MR) is 101 cm³/mol. The first-order valence-electron chi connectivity index (χ1n) is 8.66. The molecule has 1 aliphatic rings. The standard InChI is InChI=1S/C19H18N4O4S/c24-19(25)22-18-17-7-6-16(12-13(17)8-10-20-18)28(26,27)15-4-2-14(3-5-15)23-11-1-9-21-23/h1-7,9,11-12,18,20,22H,8,10H2,(H,24,25). The molecule has 28 heavy (non-hydrogen) atoms. The summed E-state index contributed by atoms with van der Waals surface area (Å²) in [4.78, 5) is 11.3. The summed E-state index contributed by atoms with van der Waals surface area (Å²) in [6, 6.07) is 13.1. The van der Waals surface area contributed by atoms with Gasteiger partial charge in [-0.25, -0.2) is 17.9 Å². The Morgan fingerprint density at radius 3 is 2.61 bits per heavy atom. The molecule has 1 amide bonds. The van der Waals surface area contributed by atoms with Crippen LogP contribution in [0.25, 0.3) is 5.69 Å². The number of sulfone groups is 1. The summed E-state index contributed by atoms with van der Waals surface area (Å²) in [5, 5.41) is 18.5. The van der Waals surface area contributed by atoms with Gasteiger partial charge in [-0.05, 0) is 60.0 Å². The molecule has 1 atom stereocenters. The van der Waals surface area contributed by atoms with Crippen molar-refractivity contribution in [1.29, 1.82) is 0 Å². The number of nitrogens with one attached hydrogen (secondary N) is 2. The second-order valence-corrected chi connectivity index (χ2v) is 8.34. The molecule has 0 aliphatic carbocycles. The van der Waals surface area contributed by atoms with Gasteiger partial charge in [-0.3, -0.25) is 5.32 Å². The van der Waals surface area contributed by atoms with E-state index in [1.54, 1.807) is 59.5 Å². The number of benzene rings is 2. The van der Waals surface area contributed by atoms with Gasteiger partial charge in [-0.2, -0.15) is 5.10 Å². The van der Waals surface area contributed by atoms with E-state index in [1.807, 2.05) is 0 Å². The molecule has 0 saturated heterocycles. The summed E-state index contributed by atoms with van der Waals surface area (Å²) in [5.74, 6) is 0. The zero-order chi connectivity index (χ0) is 19.7. The van der Waals surface area contributed by atoms with Gasteiger partial charge in [0.05, 0.1) is 15.5 Å². The average molecular weight is 398 g/mol. The van der Waals surface area contributed by atoms with Gasteiger partial charge in [0.25, 0.3) is 0 Å². The van der Waals surface area contributed by atoms with Crippen LogP contribution in [0.3, 0.4) is 0 Å². The number of amides is 1. The van der Waals surface area contributed by atoms with Gasteiger partial charge in [-0.15, -0.1) is 0 Å². The van der Waals surface area contributed by atoms with Gasteiger partial charge < -0.3 is 10.4 Å². The molecule has 1 unspecified atom stereocenters. The van der Waals surface area contributed by atoms with E-state index in [-0.39, 0.29) is 9.79 Å². The van der Waals surface area contributed by atoms with E-state index in [0.717, 1.165) is 16.8 Å². The molecule has 0 spiro atoms. The molecule has 9 heteroatoms. The minimum atomic E-state index is -3.69. The number of hydrogen-bond donors (Lipinski definition) is 3. The lowest BCUT2D eigenvalue weighted by Crippen LogP contribution is -2.41. The quantitative estimate of drug-likeness (QED) is 0.620. The molecule has 2 heterocycles. The normalized spacial score (nSPS) is 16.4. The van der Waals surface area contributed by atoms with Crippen molar-refractivity contribution in [3.05, 3.63) is 72.1 Å². The maximum Gasteiger partial charge on any atom is 0.406 e. The Morgan fingerprint density at radius 1 is 1.18 bits per heavy atom. The number of rotatable bonds is 4. The molecule has 2 aromatic carbocycles. The fraction of sp³-hybridized carbons (Fsp3) is 0.158. The van der Waals surface area contributed by atoms with Crippen molar-refractivity contribution in [1.82, 2.24) is 20.4 Å². The smallest absolute Gasteiger partial charge is 0.406 e. The number of hydrogen-bond acceptors (Lipinski definition) is 5. The van der Waals surface area contributed by atoms with Gasteiger partial charge >= 0.3 is 6.09 Å². The Bertz CT molecular complexity index is 1110. The van der Waals surface area contributed by atoms with Crippen molar-refractivity contribution in [2.45, 2.75) is 22.4 Å². The topological polar surface area (TPSA) is 113 Å². The summed E-state index contributed by atoms with van der Waals surface area (Å²) in [5.41, 5.74) is 2.32. The van der Waals surface area contributed by atoms with Crippen molar-refractivity contribution in [3.8, 4) is 5.69 Å². The largest absolute Gasteiger partial charge is 0.465 e. The molecule has 0 fully saturated rings. The average Bonchev–Trinajstić information content (AvgIpc) is 3.22. The first kappa shape index (κ1) is 18.2. The minimum absolute atomic E-state index is 0.189. The van der Waals surface area contributed by atoms with Crippen LogP contribution >= 0.6 is 0 Å². The minimum Gasteiger partial charge on any atom is -0.465 e. The number of nitrogens with zero attached hydrogens (tertiary/aromatic N) is 2. The van der Waals surface area contributed by atoms with Gasteiger partial charge in [0.15, 0.2) is 0 Å². The third-order valence-corrected chi connectivity index (χ3v) is 6.43. The van der Waals surface area contributed by atoms with E-state index in [1.165, 1.54) is 6.07 Å². The highest BCUT2D eigenvalue weighted by Gasteiger charge is 2.24. The second kappa shape index (κ2) is 7.10. The molecule has 3 aromatic rings. The monoisotopic (exact) mass is 398 g/mol. The Morgan fingerprint density at radius 2 is 1.93 bits per heavy atom. The maximum atomic E-state index is 13.0. The van der Waals surface area contributed by atoms with Crippen molar-refractivity contribution < 1.29 is 18.3 Å². The lowest BCUT2D eigenvalue weighted by molar-refractivity contribution is 0.186. The van der Waals surface area contributed by atoms with Crippen LogP contribution < -0.4 is 10.6 Å². The summed E-state index contributed by atoms with van der Waals surface area (Å²) in [7, 11) is -3.69. The Labute approximate surface area is 161 Å². The van der Waals surface area contributed by atoms with Crippen LogP contribution in [0, 0.1) is 0 Å². The van der Waals surface area contributed by atoms with Crippen molar-refractivity contribution in [3.63, 3.8) is 0 Å². The third-order valence-electron chi connectivity index (χ3n) is 4.66. The van der Waals surface area contributed by atoms with Gasteiger partial charge in [0.2, 0.25) is 9.84 Å². The maximum absolute atomic E-state index is 13.0. The number of fused-ring (bicyclic) bond motifs is 1. The predicted octanol–water partition coefficient (Wildman–Crippen LogP) is 2.12. The van der Waals surface area contributed by atoms with Crippen LogP contribution in [0.1, 0.15) is 17.3 Å². The van der Waals surface area contributed by atoms with E-state index in [2.05, 4.69) is 15.7 Å². The summed E-state index contributed by atoms with van der Waals surface area (Å²) in [6.45, 7) is 0.556. The van der Waals surface area contributed by atoms with Crippen LogP contribution in [0.2, 0.25) is 0 Å². The number of carboxylic acid groups (broad SMARTS) is 1. The van der Waals surface area contributed by atoms with Crippen molar-refractivity contribution >= 4 is 15.9 Å². The highest BCUT2D eigenvalue weighted by Crippen LogP contribution is 2.28. The third kappa shape index (κ3) is 3.37. The van der Waals surface area contributed by atoms with Crippen LogP contribution in [-0.4, -0.2) is 35.9 Å². The zero-order valence-corrected chi connectivity index (χ0v) is 15.6. The van der Waals surface area contributed by atoms with E-state index in [4.69, 9.17) is 5.11 Å². The second-order valence-electron chi connectivity index (χ2n) is 6.40. The van der Waals surface area contributed by atoms with Crippen LogP contribution in [-0.2, 0) is 16.3 Å². The first-order chi connectivity index (χ1) is 13.4. The molecule has 8 nitrogen and oxygen atoms in total. The Hall–Kier alpha value is -3.17. The molecule has 0 saturated carbocycles. The Balaban J connectivity index is 1.65. The van der Waals surface area contributed by atoms with Crippen molar-refractivity contribution in [2.75, 3.05) is 6.54 Å². The fourth-order valence-corrected chi connectivity index (χ4v) is 4.61. The van der Waals surface area contributed by atoms with Gasteiger partial charge in [0, 0.05) is 18.9 Å². The molecular formula is C19H18N4O4S. The van der Waals surface area contributed by atoms with Gasteiger partial charge in [-0.1, -0.05) is 6.07 Å². The molecule has 0 bridgehead atoms. The Kier molecular flexibility index (Phi) is 4.62. The molecule has 1 aliphatic heterocycles. The van der Waals surface area contributed by atoms with Crippen LogP contribution in [0.5, 0.6) is 0 Å². The lowest BCUT2D eigenvalue weighted by atomic mass is 9.98. The fourth-order valence-electron chi connectivity index (χ4n) is 3.30. The molecule has 4 rings (SSSR count). The van der Waals surface area contributed by atoms with Gasteiger partial charge in [0.1, 0.15) is 6.17 Å². The highest BCUT2D eigenvalue weighted by molar-refractivity contribution is 7.91. The lowest BCUT2D eigenvalue weighted by Gasteiger charge is -2.27. The van der Waals surface area contributed by atoms with Crippen molar-refractivity contribution in [2.24, 2.45) is 0 Å². The first-order valence-corrected chi connectivity index (χ1v) is 10.1. The summed E-state index contributed by atoms with van der Waals surface area (Å²) in [6.07, 6.45) is 2.36. The number of carbonyl (C=O) groups is 1. The molecular weight excluding hydrogens is 380 g/mol. The molecule has 3 N–H and O–H groups in total. The molecule has 0 radical (unpaired) electrons. The van der Waals surface area contributed by atoms with E-state index < -0.39 is 22.1 Å². The van der Waals surface area contributed by atoms with Crippen LogP contribution in [0.15, 0.2) is 70.7 Å². The van der Waals surface area contributed by atoms with E-state index in [0.29, 0.717) is 13.0 Å².